The number of halogens is 1. The summed E-state index contributed by atoms with van der Waals surface area (Å²) in [6.45, 7) is 0.188. The molecule has 0 radical (unpaired) electrons. The molecule has 0 heterocycles. The van der Waals surface area contributed by atoms with E-state index in [2.05, 4.69) is 0 Å². The predicted octanol–water partition coefficient (Wildman–Crippen LogP) is 2.94. The Hall–Kier alpha value is -0.970. The molecule has 0 amide bonds. The van der Waals surface area contributed by atoms with Crippen molar-refractivity contribution in [3.05, 3.63) is 22.7 Å². The van der Waals surface area contributed by atoms with Crippen molar-refractivity contribution in [2.75, 3.05) is 20.8 Å². The maximum Gasteiger partial charge on any atom is 0.179 e. The molecule has 1 atom stereocenters. The van der Waals surface area contributed by atoms with Crippen molar-refractivity contribution in [1.29, 1.82) is 0 Å². The van der Waals surface area contributed by atoms with Gasteiger partial charge in [0.15, 0.2) is 11.5 Å². The van der Waals surface area contributed by atoms with Gasteiger partial charge in [-0.1, -0.05) is 30.5 Å². The Bertz CT molecular complexity index is 395. The molecule has 0 spiro atoms. The largest absolute Gasteiger partial charge is 0.493 e. The molecule has 4 nitrogen and oxygen atoms in total. The van der Waals surface area contributed by atoms with E-state index in [9.17, 15) is 5.11 Å². The van der Waals surface area contributed by atoms with Gasteiger partial charge in [-0.05, 0) is 18.9 Å². The number of benzene rings is 1. The fourth-order valence-corrected chi connectivity index (χ4v) is 2.30. The van der Waals surface area contributed by atoms with E-state index in [1.807, 2.05) is 0 Å². The Morgan fingerprint density at radius 1 is 1.16 bits per heavy atom. The van der Waals surface area contributed by atoms with Crippen LogP contribution in [0.4, 0.5) is 0 Å². The van der Waals surface area contributed by atoms with Crippen LogP contribution in [0.5, 0.6) is 11.5 Å². The molecule has 2 N–H and O–H groups in total. The fourth-order valence-electron chi connectivity index (χ4n) is 1.94. The van der Waals surface area contributed by atoms with Gasteiger partial charge in [-0.25, -0.2) is 0 Å². The first-order chi connectivity index (χ1) is 9.15. The molecule has 1 aromatic rings. The van der Waals surface area contributed by atoms with Gasteiger partial charge in [0.1, 0.15) is 0 Å². The lowest BCUT2D eigenvalue weighted by Gasteiger charge is -2.16. The van der Waals surface area contributed by atoms with Gasteiger partial charge in [-0.2, -0.15) is 0 Å². The van der Waals surface area contributed by atoms with Crippen molar-refractivity contribution in [2.45, 2.75) is 31.8 Å². The molecule has 5 heteroatoms. The van der Waals surface area contributed by atoms with Crippen LogP contribution in [0.1, 0.15) is 37.4 Å². The lowest BCUT2D eigenvalue weighted by Crippen LogP contribution is -2.01. The first-order valence-electron chi connectivity index (χ1n) is 6.35. The number of aliphatic hydroxyl groups is 2. The second kappa shape index (κ2) is 8.25. The minimum absolute atomic E-state index is 0.188. The molecule has 0 bridgehead atoms. The minimum Gasteiger partial charge on any atom is -0.493 e. The smallest absolute Gasteiger partial charge is 0.179 e. The summed E-state index contributed by atoms with van der Waals surface area (Å²) in [4.78, 5) is 0. The van der Waals surface area contributed by atoms with Crippen LogP contribution >= 0.6 is 11.6 Å². The van der Waals surface area contributed by atoms with Gasteiger partial charge in [0.2, 0.25) is 0 Å². The highest BCUT2D eigenvalue weighted by molar-refractivity contribution is 6.33. The fraction of sp³-hybridized carbons (Fsp3) is 0.571. The van der Waals surface area contributed by atoms with E-state index in [4.69, 9.17) is 26.2 Å². The van der Waals surface area contributed by atoms with Gasteiger partial charge >= 0.3 is 0 Å². The molecular weight excluding hydrogens is 268 g/mol. The average Bonchev–Trinajstić information content (AvgIpc) is 2.42. The standard InChI is InChI=1S/C14H21ClO4/c1-18-12-8-7-10(13(15)14(12)19-2)11(17)6-4-3-5-9-16/h7-8,11,16-17H,3-6,9H2,1-2H3. The zero-order valence-electron chi connectivity index (χ0n) is 11.4. The molecule has 0 aliphatic heterocycles. The number of hydrogen-bond donors (Lipinski definition) is 2. The zero-order chi connectivity index (χ0) is 14.3. The van der Waals surface area contributed by atoms with Crippen LogP contribution in [-0.2, 0) is 0 Å². The van der Waals surface area contributed by atoms with Crippen LogP contribution < -0.4 is 9.47 Å². The van der Waals surface area contributed by atoms with Crippen molar-refractivity contribution in [1.82, 2.24) is 0 Å². The summed E-state index contributed by atoms with van der Waals surface area (Å²) >= 11 is 6.22. The molecule has 0 aliphatic carbocycles. The van der Waals surface area contributed by atoms with Gasteiger partial charge in [-0.3, -0.25) is 0 Å². The third-order valence-electron chi connectivity index (χ3n) is 3.01. The molecule has 0 saturated carbocycles. The van der Waals surface area contributed by atoms with Crippen molar-refractivity contribution < 1.29 is 19.7 Å². The van der Waals surface area contributed by atoms with Gasteiger partial charge < -0.3 is 19.7 Å². The van der Waals surface area contributed by atoms with Crippen LogP contribution in [0.2, 0.25) is 5.02 Å². The predicted molar refractivity (Wildman–Crippen MR) is 75.1 cm³/mol. The van der Waals surface area contributed by atoms with E-state index < -0.39 is 6.10 Å². The van der Waals surface area contributed by atoms with E-state index in [0.29, 0.717) is 28.5 Å². The van der Waals surface area contributed by atoms with E-state index in [-0.39, 0.29) is 6.61 Å². The second-order valence-electron chi connectivity index (χ2n) is 4.29. The van der Waals surface area contributed by atoms with E-state index in [0.717, 1.165) is 19.3 Å². The molecule has 1 rings (SSSR count). The molecular formula is C14H21ClO4. The summed E-state index contributed by atoms with van der Waals surface area (Å²) in [6.07, 6.45) is 2.46. The Morgan fingerprint density at radius 3 is 2.47 bits per heavy atom. The lowest BCUT2D eigenvalue weighted by molar-refractivity contribution is 0.161. The number of methoxy groups -OCH3 is 2. The number of rotatable bonds is 8. The van der Waals surface area contributed by atoms with Crippen molar-refractivity contribution in [3.63, 3.8) is 0 Å². The summed E-state index contributed by atoms with van der Waals surface area (Å²) in [5, 5.41) is 19.2. The highest BCUT2D eigenvalue weighted by Gasteiger charge is 2.18. The molecule has 19 heavy (non-hydrogen) atoms. The first kappa shape index (κ1) is 16.1. The van der Waals surface area contributed by atoms with Crippen LogP contribution in [0, 0.1) is 0 Å². The molecule has 108 valence electrons. The highest BCUT2D eigenvalue weighted by Crippen LogP contribution is 2.40. The third-order valence-corrected chi connectivity index (χ3v) is 3.40. The Balaban J connectivity index is 2.77. The Kier molecular flexibility index (Phi) is 6.99. The number of hydrogen-bond acceptors (Lipinski definition) is 4. The lowest BCUT2D eigenvalue weighted by atomic mass is 10.0. The summed E-state index contributed by atoms with van der Waals surface area (Å²) in [7, 11) is 3.06. The molecule has 0 aromatic heterocycles. The van der Waals surface area contributed by atoms with Gasteiger partial charge in [-0.15, -0.1) is 0 Å². The molecule has 0 aliphatic rings. The van der Waals surface area contributed by atoms with Crippen molar-refractivity contribution in [2.24, 2.45) is 0 Å². The topological polar surface area (TPSA) is 58.9 Å². The SMILES string of the molecule is COc1ccc(C(O)CCCCCO)c(Cl)c1OC. The first-order valence-corrected chi connectivity index (χ1v) is 6.72. The summed E-state index contributed by atoms with van der Waals surface area (Å²) in [5.74, 6) is 0.986. The van der Waals surface area contributed by atoms with Crippen molar-refractivity contribution >= 4 is 11.6 Å². The molecule has 0 saturated heterocycles. The van der Waals surface area contributed by atoms with Gasteiger partial charge in [0, 0.05) is 12.2 Å². The van der Waals surface area contributed by atoms with E-state index >= 15 is 0 Å². The van der Waals surface area contributed by atoms with Crippen LogP contribution in [0.15, 0.2) is 12.1 Å². The maximum absolute atomic E-state index is 10.1. The highest BCUT2D eigenvalue weighted by atomic mass is 35.5. The number of aliphatic hydroxyl groups excluding tert-OH is 2. The number of unbranched alkanes of at least 4 members (excludes halogenated alkanes) is 2. The summed E-state index contributed by atoms with van der Waals surface area (Å²) in [5.41, 5.74) is 0.642. The van der Waals surface area contributed by atoms with Crippen LogP contribution in [0.25, 0.3) is 0 Å². The van der Waals surface area contributed by atoms with Crippen molar-refractivity contribution in [3.8, 4) is 11.5 Å². The monoisotopic (exact) mass is 288 g/mol. The zero-order valence-corrected chi connectivity index (χ0v) is 12.1. The Morgan fingerprint density at radius 2 is 1.89 bits per heavy atom. The van der Waals surface area contributed by atoms with Crippen LogP contribution in [0.3, 0.4) is 0 Å². The van der Waals surface area contributed by atoms with E-state index in [1.165, 1.54) is 7.11 Å². The number of ether oxygens (including phenoxy) is 2. The van der Waals surface area contributed by atoms with Gasteiger partial charge in [0.25, 0.3) is 0 Å². The summed E-state index contributed by atoms with van der Waals surface area (Å²) in [6, 6.07) is 3.48. The molecule has 1 unspecified atom stereocenters. The third kappa shape index (κ3) is 4.27. The molecule has 0 fully saturated rings. The minimum atomic E-state index is -0.633. The molecule has 1 aromatic carbocycles. The maximum atomic E-state index is 10.1. The Labute approximate surface area is 118 Å². The quantitative estimate of drug-likeness (QED) is 0.722. The van der Waals surface area contributed by atoms with Gasteiger partial charge in [0.05, 0.1) is 25.3 Å². The normalized spacial score (nSPS) is 12.3. The van der Waals surface area contributed by atoms with E-state index in [1.54, 1.807) is 19.2 Å². The summed E-state index contributed by atoms with van der Waals surface area (Å²) < 4.78 is 10.3. The average molecular weight is 289 g/mol. The van der Waals surface area contributed by atoms with Crippen LogP contribution in [-0.4, -0.2) is 31.0 Å². The second-order valence-corrected chi connectivity index (χ2v) is 4.67.